The van der Waals surface area contributed by atoms with Crippen LogP contribution in [0.1, 0.15) is 31.8 Å². The molecule has 12 nitrogen and oxygen atoms in total. The van der Waals surface area contributed by atoms with Crippen molar-refractivity contribution < 1.29 is 32.7 Å². The molecule has 0 spiro atoms. The molecule has 1 aliphatic rings. The lowest BCUT2D eigenvalue weighted by molar-refractivity contribution is -0.118. The number of nitrogens with zero attached hydrogens (tertiary/aromatic N) is 1. The Kier molecular flexibility index (Phi) is 15.3. The molecule has 0 saturated carbocycles. The summed E-state index contributed by atoms with van der Waals surface area (Å²) in [4.78, 5) is 57.6. The molecule has 1 saturated heterocycles. The van der Waals surface area contributed by atoms with Crippen LogP contribution in [0.3, 0.4) is 0 Å². The number of piperazine rings is 1. The Balaban J connectivity index is 0.000000194. The number of fused-ring (bicyclic) bond motifs is 1. The molecule has 6 N–H and O–H groups in total. The van der Waals surface area contributed by atoms with Gasteiger partial charge in [0.15, 0.2) is 0 Å². The number of H-pyrrole nitrogens is 1. The number of halogens is 2. The van der Waals surface area contributed by atoms with E-state index < -0.39 is 35.5 Å². The lowest BCUT2D eigenvalue weighted by Crippen LogP contribution is -2.46. The third-order valence-corrected chi connectivity index (χ3v) is 10.8. The summed E-state index contributed by atoms with van der Waals surface area (Å²) in [5.41, 5.74) is 4.89. The first-order valence-electron chi connectivity index (χ1n) is 21.2. The normalized spacial score (nSPS) is 13.1. The Bertz CT molecular complexity index is 2710. The average molecular weight is 878 g/mol. The van der Waals surface area contributed by atoms with E-state index in [1.807, 2.05) is 78.9 Å². The first-order valence-corrected chi connectivity index (χ1v) is 21.2. The predicted molar refractivity (Wildman–Crippen MR) is 249 cm³/mol. The molecule has 1 fully saturated rings. The van der Waals surface area contributed by atoms with Crippen LogP contribution < -0.4 is 36.2 Å². The van der Waals surface area contributed by atoms with E-state index in [9.17, 15) is 28.0 Å². The molecule has 2 unspecified atom stereocenters. The molecule has 1 aromatic heterocycles. The number of hydrogen-bond donors (Lipinski definition) is 6. The molecule has 332 valence electrons. The van der Waals surface area contributed by atoms with E-state index >= 15 is 0 Å². The zero-order chi connectivity index (χ0) is 45.5. The van der Waals surface area contributed by atoms with Crippen LogP contribution in [-0.4, -0.2) is 74.0 Å². The van der Waals surface area contributed by atoms with E-state index in [1.165, 1.54) is 37.4 Å². The summed E-state index contributed by atoms with van der Waals surface area (Å²) in [6, 6.07) is 41.3. The number of carbonyl (C=O) groups is 4. The Morgan fingerprint density at radius 2 is 1.18 bits per heavy atom. The number of rotatable bonds is 14. The van der Waals surface area contributed by atoms with E-state index in [4.69, 9.17) is 4.74 Å². The van der Waals surface area contributed by atoms with Gasteiger partial charge in [-0.15, -0.1) is 0 Å². The summed E-state index contributed by atoms with van der Waals surface area (Å²) in [6.45, 7) is 3.14. The second kappa shape index (κ2) is 22.0. The molecule has 2 heterocycles. The van der Waals surface area contributed by atoms with Crippen LogP contribution in [0.5, 0.6) is 5.75 Å². The largest absolute Gasteiger partial charge is 0.495 e. The van der Waals surface area contributed by atoms with Crippen molar-refractivity contribution >= 4 is 51.6 Å². The number of nitrogens with one attached hydrogen (secondary N) is 6. The van der Waals surface area contributed by atoms with Crippen LogP contribution >= 0.6 is 0 Å². The minimum atomic E-state index is -0.896. The van der Waals surface area contributed by atoms with Gasteiger partial charge < -0.3 is 41.2 Å². The number of amides is 4. The van der Waals surface area contributed by atoms with Gasteiger partial charge in [-0.1, -0.05) is 84.9 Å². The molecule has 4 amide bonds. The molecule has 1 aliphatic heterocycles. The van der Waals surface area contributed by atoms with Crippen LogP contribution in [0.2, 0.25) is 0 Å². The number of carbonyl (C=O) groups excluding carboxylic acids is 4. The minimum absolute atomic E-state index is 0.192. The minimum Gasteiger partial charge on any atom is -0.495 e. The zero-order valence-corrected chi connectivity index (χ0v) is 35.7. The van der Waals surface area contributed by atoms with Crippen molar-refractivity contribution in [2.75, 3.05) is 48.8 Å². The van der Waals surface area contributed by atoms with Gasteiger partial charge in [0.25, 0.3) is 11.8 Å². The predicted octanol–water partition coefficient (Wildman–Crippen LogP) is 7.51. The highest BCUT2D eigenvalue weighted by Crippen LogP contribution is 2.28. The molecular formula is C51H49F2N7O5. The monoisotopic (exact) mass is 877 g/mol. The van der Waals surface area contributed by atoms with E-state index in [1.54, 1.807) is 48.7 Å². The molecule has 0 radical (unpaired) electrons. The van der Waals surface area contributed by atoms with Crippen molar-refractivity contribution in [2.45, 2.75) is 24.9 Å². The highest BCUT2D eigenvalue weighted by molar-refractivity contribution is 6.08. The number of methoxy groups -OCH3 is 1. The van der Waals surface area contributed by atoms with Gasteiger partial charge in [0.2, 0.25) is 11.8 Å². The first kappa shape index (κ1) is 45.2. The lowest BCUT2D eigenvalue weighted by Gasteiger charge is -2.31. The standard InChI is InChI=1S/C26H27FN4O2.C25H22FN3O3/c27-21-11-12-24(31-15-13-28-14-16-31)22(18-21)29-26(33)23(17-19-7-3-1-4-8-19)30-25(32)20-9-5-2-6-10-20;1-32-23-11-10-17(26)15-21(23)28-25(31)22(14-16-6-3-2-4-7-16)29-24(30)19-8-5-9-20-18(19)12-13-27-20/h1-12,18,23,28H,13-17H2,(H,29,33)(H,30,32);2-13,15,22,27H,14H2,1H3,(H,28,31)(H,29,30). The third kappa shape index (κ3) is 12.2. The van der Waals surface area contributed by atoms with Gasteiger partial charge in [0, 0.05) is 73.3 Å². The molecule has 2 atom stereocenters. The summed E-state index contributed by atoms with van der Waals surface area (Å²) in [5, 5.41) is 15.3. The van der Waals surface area contributed by atoms with Gasteiger partial charge in [-0.05, 0) is 71.8 Å². The second-order valence-electron chi connectivity index (χ2n) is 15.3. The van der Waals surface area contributed by atoms with Crippen molar-refractivity contribution in [3.8, 4) is 5.75 Å². The highest BCUT2D eigenvalue weighted by Gasteiger charge is 2.26. The topological polar surface area (TPSA) is 157 Å². The van der Waals surface area contributed by atoms with E-state index in [-0.39, 0.29) is 23.9 Å². The van der Waals surface area contributed by atoms with Gasteiger partial charge in [-0.3, -0.25) is 19.2 Å². The summed E-state index contributed by atoms with van der Waals surface area (Å²) in [5.74, 6) is -2.22. The fraction of sp³-hybridized carbons (Fsp3) is 0.176. The number of benzene rings is 6. The van der Waals surface area contributed by atoms with Crippen molar-refractivity contribution in [3.05, 3.63) is 192 Å². The number of aromatic nitrogens is 1. The lowest BCUT2D eigenvalue weighted by atomic mass is 10.0. The van der Waals surface area contributed by atoms with Gasteiger partial charge in [0.1, 0.15) is 29.5 Å². The van der Waals surface area contributed by atoms with E-state index in [0.717, 1.165) is 53.9 Å². The average Bonchev–Trinajstić information content (AvgIpc) is 3.82. The second-order valence-corrected chi connectivity index (χ2v) is 15.3. The maximum Gasteiger partial charge on any atom is 0.252 e. The molecule has 0 aliphatic carbocycles. The third-order valence-electron chi connectivity index (χ3n) is 10.8. The molecular weight excluding hydrogens is 829 g/mol. The molecule has 6 aromatic carbocycles. The fourth-order valence-corrected chi connectivity index (χ4v) is 7.48. The number of hydrogen-bond acceptors (Lipinski definition) is 7. The smallest absolute Gasteiger partial charge is 0.252 e. The SMILES string of the molecule is COc1ccc(F)cc1NC(=O)C(Cc1ccccc1)NC(=O)c1cccc2[nH]ccc12.O=C(NC(Cc1ccccc1)C(=O)Nc1cc(F)ccc1N1CCNCC1)c1ccccc1. The maximum absolute atomic E-state index is 14.1. The van der Waals surface area contributed by atoms with Gasteiger partial charge in [-0.25, -0.2) is 8.78 Å². The number of ether oxygens (including phenoxy) is 1. The molecule has 0 bridgehead atoms. The van der Waals surface area contributed by atoms with Crippen molar-refractivity contribution in [2.24, 2.45) is 0 Å². The zero-order valence-electron chi connectivity index (χ0n) is 35.7. The Hall–Kier alpha value is -7.84. The van der Waals surface area contributed by atoms with Crippen molar-refractivity contribution in [1.29, 1.82) is 0 Å². The number of anilines is 3. The quantitative estimate of drug-likeness (QED) is 0.0661. The number of aromatic amines is 1. The summed E-state index contributed by atoms with van der Waals surface area (Å²) in [7, 11) is 1.43. The molecule has 8 rings (SSSR count). The van der Waals surface area contributed by atoms with Gasteiger partial charge in [0.05, 0.1) is 24.2 Å². The molecule has 14 heteroatoms. The maximum atomic E-state index is 14.1. The Morgan fingerprint density at radius 1 is 0.631 bits per heavy atom. The molecule has 7 aromatic rings. The van der Waals surface area contributed by atoms with Crippen LogP contribution in [-0.2, 0) is 22.4 Å². The van der Waals surface area contributed by atoms with Crippen molar-refractivity contribution in [1.82, 2.24) is 20.9 Å². The van der Waals surface area contributed by atoms with E-state index in [2.05, 4.69) is 36.5 Å². The summed E-state index contributed by atoms with van der Waals surface area (Å²) < 4.78 is 33.1. The van der Waals surface area contributed by atoms with Crippen LogP contribution in [0.4, 0.5) is 25.8 Å². The Labute approximate surface area is 375 Å². The van der Waals surface area contributed by atoms with Gasteiger partial charge in [-0.2, -0.15) is 0 Å². The first-order chi connectivity index (χ1) is 31.6. The fourth-order valence-electron chi connectivity index (χ4n) is 7.48. The van der Waals surface area contributed by atoms with Crippen LogP contribution in [0.25, 0.3) is 10.9 Å². The Morgan fingerprint density at radius 3 is 1.80 bits per heavy atom. The molecule has 65 heavy (non-hydrogen) atoms. The van der Waals surface area contributed by atoms with Crippen molar-refractivity contribution in [3.63, 3.8) is 0 Å². The van der Waals surface area contributed by atoms with Crippen LogP contribution in [0.15, 0.2) is 158 Å². The summed E-state index contributed by atoms with van der Waals surface area (Å²) in [6.07, 6.45) is 2.33. The van der Waals surface area contributed by atoms with E-state index in [0.29, 0.717) is 29.0 Å². The van der Waals surface area contributed by atoms with Crippen LogP contribution in [0, 0.1) is 11.6 Å². The highest BCUT2D eigenvalue weighted by atomic mass is 19.1. The summed E-state index contributed by atoms with van der Waals surface area (Å²) >= 11 is 0. The van der Waals surface area contributed by atoms with Gasteiger partial charge >= 0.3 is 0 Å².